The van der Waals surface area contributed by atoms with Crippen LogP contribution in [0.5, 0.6) is 0 Å². The number of hydrogen-bond donors (Lipinski definition) is 1. The van der Waals surface area contributed by atoms with Crippen molar-refractivity contribution in [1.29, 1.82) is 0 Å². The van der Waals surface area contributed by atoms with Crippen molar-refractivity contribution in [1.82, 2.24) is 10.2 Å². The van der Waals surface area contributed by atoms with Crippen LogP contribution in [0.1, 0.15) is 85.7 Å². The third kappa shape index (κ3) is 5.13. The molecule has 1 spiro atoms. The van der Waals surface area contributed by atoms with Crippen LogP contribution in [0.25, 0.3) is 0 Å². The number of amides is 1. The fraction of sp³-hybridized carbons (Fsp3) is 0.708. The number of carbonyl (C=O) groups excluding carboxylic acids is 1. The van der Waals surface area contributed by atoms with Crippen molar-refractivity contribution < 1.29 is 4.79 Å². The molecule has 0 aromatic heterocycles. The topological polar surface area (TPSA) is 32.3 Å². The van der Waals surface area contributed by atoms with E-state index in [9.17, 15) is 4.79 Å². The van der Waals surface area contributed by atoms with Crippen molar-refractivity contribution in [2.24, 2.45) is 5.41 Å². The first-order valence-corrected chi connectivity index (χ1v) is 11.1. The van der Waals surface area contributed by atoms with Gasteiger partial charge in [-0.05, 0) is 82.5 Å². The highest BCUT2D eigenvalue weighted by molar-refractivity contribution is 5.95. The van der Waals surface area contributed by atoms with Crippen LogP contribution in [0.4, 0.5) is 0 Å². The molecule has 1 saturated heterocycles. The van der Waals surface area contributed by atoms with Crippen molar-refractivity contribution in [3.63, 3.8) is 0 Å². The van der Waals surface area contributed by atoms with Gasteiger partial charge in [0.15, 0.2) is 0 Å². The van der Waals surface area contributed by atoms with Crippen molar-refractivity contribution in [2.75, 3.05) is 20.1 Å². The quantitative estimate of drug-likeness (QED) is 0.771. The summed E-state index contributed by atoms with van der Waals surface area (Å²) in [6, 6.07) is 6.79. The van der Waals surface area contributed by atoms with Gasteiger partial charge in [0.2, 0.25) is 0 Å². The largest absolute Gasteiger partial charge is 0.355 e. The molecular formula is C24H38N2O. The Morgan fingerprint density at radius 2 is 1.67 bits per heavy atom. The molecule has 0 unspecified atom stereocenters. The number of carbonyl (C=O) groups is 1. The summed E-state index contributed by atoms with van der Waals surface area (Å²) >= 11 is 0. The molecule has 4 rings (SSSR count). The van der Waals surface area contributed by atoms with Gasteiger partial charge < -0.3 is 10.2 Å². The van der Waals surface area contributed by atoms with Gasteiger partial charge >= 0.3 is 0 Å². The van der Waals surface area contributed by atoms with Crippen LogP contribution in [0.3, 0.4) is 0 Å². The van der Waals surface area contributed by atoms with Gasteiger partial charge in [-0.15, -0.1) is 0 Å². The Balaban J connectivity index is 0.000000161. The van der Waals surface area contributed by atoms with Crippen LogP contribution in [0.2, 0.25) is 0 Å². The van der Waals surface area contributed by atoms with Crippen molar-refractivity contribution in [3.05, 3.63) is 34.9 Å². The maximum absolute atomic E-state index is 11.2. The SMILES string of the molecule is C1CCC2(CC1)CCN(C1CCC1)CC2.CNC(=O)c1ccc(C)cc1C. The molecule has 1 aromatic carbocycles. The summed E-state index contributed by atoms with van der Waals surface area (Å²) < 4.78 is 0. The average Bonchev–Trinajstić information content (AvgIpc) is 2.63. The van der Waals surface area contributed by atoms with Crippen LogP contribution in [-0.4, -0.2) is 37.0 Å². The maximum Gasteiger partial charge on any atom is 0.251 e. The molecule has 3 fully saturated rings. The zero-order valence-corrected chi connectivity index (χ0v) is 17.7. The molecule has 1 N–H and O–H groups in total. The molecule has 1 aromatic rings. The lowest BCUT2D eigenvalue weighted by molar-refractivity contribution is 0.0236. The highest BCUT2D eigenvalue weighted by Crippen LogP contribution is 2.45. The van der Waals surface area contributed by atoms with Gasteiger partial charge in [-0.2, -0.15) is 0 Å². The van der Waals surface area contributed by atoms with Gasteiger partial charge in [0.1, 0.15) is 0 Å². The minimum atomic E-state index is -0.0208. The van der Waals surface area contributed by atoms with Gasteiger partial charge in [-0.25, -0.2) is 0 Å². The molecule has 27 heavy (non-hydrogen) atoms. The number of nitrogens with zero attached hydrogens (tertiary/aromatic N) is 1. The zero-order chi connectivity index (χ0) is 19.3. The van der Waals surface area contributed by atoms with Crippen LogP contribution in [-0.2, 0) is 0 Å². The van der Waals surface area contributed by atoms with E-state index in [4.69, 9.17) is 0 Å². The van der Waals surface area contributed by atoms with Gasteiger partial charge in [0.05, 0.1) is 0 Å². The highest BCUT2D eigenvalue weighted by atomic mass is 16.1. The highest BCUT2D eigenvalue weighted by Gasteiger charge is 2.37. The van der Waals surface area contributed by atoms with Crippen LogP contribution < -0.4 is 5.32 Å². The summed E-state index contributed by atoms with van der Waals surface area (Å²) in [5.74, 6) is -0.0208. The first-order chi connectivity index (χ1) is 13.0. The van der Waals surface area contributed by atoms with Crippen LogP contribution in [0.15, 0.2) is 18.2 Å². The van der Waals surface area contributed by atoms with E-state index in [1.807, 2.05) is 32.0 Å². The Labute approximate surface area is 165 Å². The molecule has 150 valence electrons. The molecule has 3 nitrogen and oxygen atoms in total. The number of piperidine rings is 1. The van der Waals surface area contributed by atoms with Crippen molar-refractivity contribution in [3.8, 4) is 0 Å². The summed E-state index contributed by atoms with van der Waals surface area (Å²) in [4.78, 5) is 14.0. The summed E-state index contributed by atoms with van der Waals surface area (Å²) in [6.45, 7) is 6.80. The van der Waals surface area contributed by atoms with E-state index in [2.05, 4.69) is 10.2 Å². The van der Waals surface area contributed by atoms with Crippen LogP contribution >= 0.6 is 0 Å². The zero-order valence-electron chi connectivity index (χ0n) is 17.7. The monoisotopic (exact) mass is 370 g/mol. The van der Waals surface area contributed by atoms with Crippen LogP contribution in [0, 0.1) is 19.3 Å². The third-order valence-corrected chi connectivity index (χ3v) is 7.22. The van der Waals surface area contributed by atoms with E-state index in [0.29, 0.717) is 0 Å². The normalized spacial score (nSPS) is 22.5. The number of nitrogens with one attached hydrogen (secondary N) is 1. The second kappa shape index (κ2) is 9.23. The molecule has 0 radical (unpaired) electrons. The molecule has 3 aliphatic rings. The minimum absolute atomic E-state index is 0.0208. The Hall–Kier alpha value is -1.35. The molecular weight excluding hydrogens is 332 g/mol. The van der Waals surface area contributed by atoms with Crippen molar-refractivity contribution in [2.45, 2.75) is 84.1 Å². The lowest BCUT2D eigenvalue weighted by atomic mass is 9.67. The van der Waals surface area contributed by atoms with E-state index >= 15 is 0 Å². The lowest BCUT2D eigenvalue weighted by Gasteiger charge is -2.48. The molecule has 3 heteroatoms. The summed E-state index contributed by atoms with van der Waals surface area (Å²) in [6.07, 6.45) is 15.2. The molecule has 2 saturated carbocycles. The predicted molar refractivity (Wildman–Crippen MR) is 113 cm³/mol. The number of benzene rings is 1. The van der Waals surface area contributed by atoms with Crippen molar-refractivity contribution >= 4 is 5.91 Å². The Morgan fingerprint density at radius 3 is 2.19 bits per heavy atom. The van der Waals surface area contributed by atoms with E-state index in [1.54, 1.807) is 19.9 Å². The predicted octanol–water partition coefficient (Wildman–Crippen LogP) is 5.25. The molecule has 1 aliphatic heterocycles. The summed E-state index contributed by atoms with van der Waals surface area (Å²) in [5, 5.41) is 2.60. The summed E-state index contributed by atoms with van der Waals surface area (Å²) in [7, 11) is 1.64. The Kier molecular flexibility index (Phi) is 6.97. The van der Waals surface area contributed by atoms with E-state index < -0.39 is 0 Å². The summed E-state index contributed by atoms with van der Waals surface area (Å²) in [5.41, 5.74) is 3.76. The Bertz CT molecular complexity index is 619. The average molecular weight is 371 g/mol. The minimum Gasteiger partial charge on any atom is -0.355 e. The maximum atomic E-state index is 11.2. The van der Waals surface area contributed by atoms with Gasteiger partial charge in [-0.1, -0.05) is 43.4 Å². The molecule has 1 heterocycles. The second-order valence-electron chi connectivity index (χ2n) is 9.08. The molecule has 0 bridgehead atoms. The fourth-order valence-corrected chi connectivity index (χ4v) is 5.12. The molecule has 1 amide bonds. The standard InChI is InChI=1S/C14H25N.C10H13NO/c1-2-7-14(8-3-1)9-11-15(12-10-14)13-5-4-6-13;1-7-4-5-9(8(2)6-7)10(12)11-3/h13H,1-12H2;4-6H,1-3H3,(H,11,12). The lowest BCUT2D eigenvalue weighted by Crippen LogP contribution is -2.48. The van der Waals surface area contributed by atoms with Gasteiger partial charge in [0, 0.05) is 18.7 Å². The molecule has 2 aliphatic carbocycles. The van der Waals surface area contributed by atoms with E-state index in [1.165, 1.54) is 70.0 Å². The number of hydrogen-bond acceptors (Lipinski definition) is 2. The van der Waals surface area contributed by atoms with Gasteiger partial charge in [0.25, 0.3) is 5.91 Å². The smallest absolute Gasteiger partial charge is 0.251 e. The fourth-order valence-electron chi connectivity index (χ4n) is 5.12. The second-order valence-corrected chi connectivity index (χ2v) is 9.08. The number of likely N-dealkylation sites (tertiary alicyclic amines) is 1. The van der Waals surface area contributed by atoms with E-state index in [0.717, 1.165) is 22.6 Å². The number of rotatable bonds is 2. The third-order valence-electron chi connectivity index (χ3n) is 7.22. The van der Waals surface area contributed by atoms with Gasteiger partial charge in [-0.3, -0.25) is 4.79 Å². The molecule has 0 atom stereocenters. The first kappa shape index (κ1) is 20.4. The Morgan fingerprint density at radius 1 is 1.00 bits per heavy atom. The van der Waals surface area contributed by atoms with E-state index in [-0.39, 0.29) is 5.91 Å². The number of aryl methyl sites for hydroxylation is 2. The first-order valence-electron chi connectivity index (χ1n) is 11.1.